The maximum absolute atomic E-state index is 12.6. The van der Waals surface area contributed by atoms with Crippen molar-refractivity contribution in [2.24, 2.45) is 4.36 Å². The molecule has 0 aliphatic rings. The summed E-state index contributed by atoms with van der Waals surface area (Å²) in [6.45, 7) is 0. The normalized spacial score (nSPS) is 11.7. The van der Waals surface area contributed by atoms with E-state index in [0.717, 1.165) is 12.1 Å². The lowest BCUT2D eigenvalue weighted by atomic mass is 10.1. The van der Waals surface area contributed by atoms with Crippen molar-refractivity contribution in [3.63, 3.8) is 0 Å². The van der Waals surface area contributed by atoms with Crippen LogP contribution in [0.2, 0.25) is 0 Å². The number of nitrogens with zero attached hydrogens (tertiary/aromatic N) is 1. The first-order valence-electron chi connectivity index (χ1n) is 4.63. The summed E-state index contributed by atoms with van der Waals surface area (Å²) in [5.74, 6) is -0.743. The molecule has 0 saturated heterocycles. The number of hydrogen-bond acceptors (Lipinski definition) is 2. The van der Waals surface area contributed by atoms with E-state index >= 15 is 0 Å². The molecule has 0 spiro atoms. The second-order valence-corrected chi connectivity index (χ2v) is 6.17. The summed E-state index contributed by atoms with van der Waals surface area (Å²) in [7, 11) is -0.565. The number of halogens is 4. The monoisotopic (exact) mass is 342 g/mol. The highest BCUT2D eigenvalue weighted by molar-refractivity contribution is 9.10. The fourth-order valence-corrected chi connectivity index (χ4v) is 2.06. The van der Waals surface area contributed by atoms with Crippen molar-refractivity contribution in [2.75, 3.05) is 18.2 Å². The first-order chi connectivity index (χ1) is 8.12. The Morgan fingerprint density at radius 1 is 1.39 bits per heavy atom. The lowest BCUT2D eigenvalue weighted by Crippen LogP contribution is -2.10. The van der Waals surface area contributed by atoms with Crippen LogP contribution in [0, 0.1) is 0 Å². The Labute approximate surface area is 113 Å². The Morgan fingerprint density at radius 3 is 2.39 bits per heavy atom. The van der Waals surface area contributed by atoms with Gasteiger partial charge in [-0.05, 0) is 40.6 Å². The minimum atomic E-state index is -4.54. The van der Waals surface area contributed by atoms with Gasteiger partial charge < -0.3 is 5.73 Å². The van der Waals surface area contributed by atoms with Crippen LogP contribution >= 0.6 is 15.9 Å². The first-order valence-corrected chi connectivity index (χ1v) is 7.42. The first kappa shape index (κ1) is 15.2. The second kappa shape index (κ2) is 5.40. The Hall–Kier alpha value is -0.890. The van der Waals surface area contributed by atoms with Crippen LogP contribution in [0.4, 0.5) is 18.9 Å². The SMILES string of the molecule is CS(C)=NC(=O)c1cc(C(F)(F)F)cc(Br)c1N. The molecule has 0 fully saturated rings. The van der Waals surface area contributed by atoms with Crippen LogP contribution in [0.15, 0.2) is 21.0 Å². The zero-order valence-corrected chi connectivity index (χ0v) is 11.9. The predicted molar refractivity (Wildman–Crippen MR) is 69.5 cm³/mol. The third-order valence-electron chi connectivity index (χ3n) is 1.95. The van der Waals surface area contributed by atoms with Crippen LogP contribution in [0.3, 0.4) is 0 Å². The third kappa shape index (κ3) is 3.55. The summed E-state index contributed by atoms with van der Waals surface area (Å²) in [6, 6.07) is 1.56. The number of anilines is 1. The largest absolute Gasteiger partial charge is 0.416 e. The minimum Gasteiger partial charge on any atom is -0.397 e. The Morgan fingerprint density at radius 2 is 1.94 bits per heavy atom. The van der Waals surface area contributed by atoms with E-state index < -0.39 is 28.3 Å². The Kier molecular flexibility index (Phi) is 4.55. The second-order valence-electron chi connectivity index (χ2n) is 3.59. The minimum absolute atomic E-state index is 0.0305. The molecule has 0 saturated carbocycles. The molecule has 3 nitrogen and oxygen atoms in total. The van der Waals surface area contributed by atoms with Gasteiger partial charge in [-0.25, -0.2) is 0 Å². The maximum atomic E-state index is 12.6. The van der Waals surface area contributed by atoms with Crippen molar-refractivity contribution in [1.29, 1.82) is 0 Å². The number of benzene rings is 1. The molecular formula is C10H10BrF3N2OS. The van der Waals surface area contributed by atoms with Gasteiger partial charge in [0.25, 0.3) is 5.91 Å². The van der Waals surface area contributed by atoms with Gasteiger partial charge in [0.15, 0.2) is 0 Å². The van der Waals surface area contributed by atoms with E-state index in [-0.39, 0.29) is 15.7 Å². The highest BCUT2D eigenvalue weighted by atomic mass is 79.9. The molecule has 1 aromatic rings. The molecule has 0 aliphatic carbocycles. The van der Waals surface area contributed by atoms with Crippen LogP contribution in [0.5, 0.6) is 0 Å². The number of nitrogens with two attached hydrogens (primary N) is 1. The molecule has 2 N–H and O–H groups in total. The van der Waals surface area contributed by atoms with Gasteiger partial charge in [-0.15, -0.1) is 0 Å². The third-order valence-corrected chi connectivity index (χ3v) is 3.14. The summed E-state index contributed by atoms with van der Waals surface area (Å²) in [5.41, 5.74) is 4.37. The maximum Gasteiger partial charge on any atom is 0.416 e. The van der Waals surface area contributed by atoms with Crippen molar-refractivity contribution in [3.05, 3.63) is 27.7 Å². The fourth-order valence-electron chi connectivity index (χ4n) is 1.17. The average molecular weight is 343 g/mol. The molecule has 100 valence electrons. The number of carbonyl (C=O) groups is 1. The van der Waals surface area contributed by atoms with Gasteiger partial charge in [-0.1, -0.05) is 10.7 Å². The number of hydrogen-bond donors (Lipinski definition) is 1. The lowest BCUT2D eigenvalue weighted by Gasteiger charge is -2.11. The summed E-state index contributed by atoms with van der Waals surface area (Å²) in [4.78, 5) is 11.7. The molecule has 0 atom stereocenters. The molecule has 0 aliphatic heterocycles. The number of nitrogen functional groups attached to an aromatic ring is 1. The van der Waals surface area contributed by atoms with Gasteiger partial charge in [-0.2, -0.15) is 17.5 Å². The number of alkyl halides is 3. The molecule has 8 heteroatoms. The van der Waals surface area contributed by atoms with E-state index in [1.807, 2.05) is 0 Å². The van der Waals surface area contributed by atoms with E-state index in [4.69, 9.17) is 5.73 Å². The molecule has 0 radical (unpaired) electrons. The number of amides is 1. The Bertz CT molecular complexity index is 525. The molecule has 0 heterocycles. The quantitative estimate of drug-likeness (QED) is 0.796. The average Bonchev–Trinajstić information content (AvgIpc) is 2.18. The van der Waals surface area contributed by atoms with Crippen molar-refractivity contribution in [2.45, 2.75) is 6.18 Å². The zero-order chi connectivity index (χ0) is 14.1. The van der Waals surface area contributed by atoms with Gasteiger partial charge in [-0.3, -0.25) is 4.79 Å². The highest BCUT2D eigenvalue weighted by Crippen LogP contribution is 2.35. The molecule has 0 aromatic heterocycles. The van der Waals surface area contributed by atoms with Crippen molar-refractivity contribution in [1.82, 2.24) is 0 Å². The van der Waals surface area contributed by atoms with Crippen molar-refractivity contribution < 1.29 is 18.0 Å². The summed E-state index contributed by atoms with van der Waals surface area (Å²) in [6.07, 6.45) is -1.18. The van der Waals surface area contributed by atoms with Crippen LogP contribution in [-0.2, 0) is 16.9 Å². The summed E-state index contributed by atoms with van der Waals surface area (Å²) < 4.78 is 41.5. The molecule has 0 unspecified atom stereocenters. The van der Waals surface area contributed by atoms with Gasteiger partial charge in [0, 0.05) is 4.47 Å². The molecule has 0 bridgehead atoms. The van der Waals surface area contributed by atoms with E-state index in [1.54, 1.807) is 12.5 Å². The van der Waals surface area contributed by atoms with E-state index in [1.165, 1.54) is 0 Å². The molecule has 18 heavy (non-hydrogen) atoms. The number of rotatable bonds is 1. The van der Waals surface area contributed by atoms with E-state index in [0.29, 0.717) is 0 Å². The summed E-state index contributed by atoms with van der Waals surface area (Å²) in [5, 5.41) is 0. The van der Waals surface area contributed by atoms with Gasteiger partial charge in [0.05, 0.1) is 16.8 Å². The van der Waals surface area contributed by atoms with Crippen LogP contribution in [0.25, 0.3) is 0 Å². The number of carbonyl (C=O) groups excluding carboxylic acids is 1. The van der Waals surface area contributed by atoms with E-state index in [2.05, 4.69) is 20.3 Å². The van der Waals surface area contributed by atoms with Crippen LogP contribution in [0.1, 0.15) is 15.9 Å². The standard InChI is InChI=1S/C10H10BrF3N2OS/c1-18(2)16-9(17)6-3-5(10(12,13)14)4-7(11)8(6)15/h3-4H,15H2,1-2H3. The van der Waals surface area contributed by atoms with Crippen LogP contribution < -0.4 is 5.73 Å². The van der Waals surface area contributed by atoms with Crippen LogP contribution in [-0.4, -0.2) is 18.4 Å². The summed E-state index contributed by atoms with van der Waals surface area (Å²) >= 11 is 2.91. The Balaban J connectivity index is 3.40. The lowest BCUT2D eigenvalue weighted by molar-refractivity contribution is -0.137. The van der Waals surface area contributed by atoms with E-state index in [9.17, 15) is 18.0 Å². The topological polar surface area (TPSA) is 55.5 Å². The molecule has 1 rings (SSSR count). The fraction of sp³-hybridized carbons (Fsp3) is 0.300. The van der Waals surface area contributed by atoms with Crippen molar-refractivity contribution in [3.8, 4) is 0 Å². The van der Waals surface area contributed by atoms with Crippen molar-refractivity contribution >= 4 is 38.2 Å². The zero-order valence-electron chi connectivity index (χ0n) is 9.51. The highest BCUT2D eigenvalue weighted by Gasteiger charge is 2.32. The molecule has 1 aromatic carbocycles. The molecular weight excluding hydrogens is 333 g/mol. The molecule has 1 amide bonds. The predicted octanol–water partition coefficient (Wildman–Crippen LogP) is 3.25. The van der Waals surface area contributed by atoms with Gasteiger partial charge in [0.2, 0.25) is 0 Å². The van der Waals surface area contributed by atoms with Gasteiger partial charge >= 0.3 is 6.18 Å². The smallest absolute Gasteiger partial charge is 0.397 e. The van der Waals surface area contributed by atoms with Gasteiger partial charge in [0.1, 0.15) is 0 Å².